The van der Waals surface area contributed by atoms with Crippen LogP contribution in [0.2, 0.25) is 0 Å². The number of sulfone groups is 1. The summed E-state index contributed by atoms with van der Waals surface area (Å²) in [6, 6.07) is 5.27. The zero-order valence-electron chi connectivity index (χ0n) is 12.2. The van der Waals surface area contributed by atoms with E-state index < -0.39 is 20.7 Å². The van der Waals surface area contributed by atoms with E-state index in [4.69, 9.17) is 4.74 Å². The van der Waals surface area contributed by atoms with Crippen LogP contribution in [-0.2, 0) is 9.84 Å². The fourth-order valence-electron chi connectivity index (χ4n) is 1.54. The van der Waals surface area contributed by atoms with Crippen LogP contribution >= 0.6 is 15.9 Å². The molecular formula is C14H21BrO4S. The number of rotatable bonds is 5. The lowest BCUT2D eigenvalue weighted by molar-refractivity contribution is 0.192. The normalized spacial score (nSPS) is 14.1. The van der Waals surface area contributed by atoms with E-state index >= 15 is 0 Å². The van der Waals surface area contributed by atoms with Crippen LogP contribution < -0.4 is 4.74 Å². The number of aliphatic hydroxyl groups excluding tert-OH is 1. The Hall–Kier alpha value is -0.590. The Balaban J connectivity index is 2.77. The Bertz CT molecular complexity index is 559. The molecule has 114 valence electrons. The van der Waals surface area contributed by atoms with Gasteiger partial charge < -0.3 is 9.84 Å². The van der Waals surface area contributed by atoms with Gasteiger partial charge in [0.2, 0.25) is 0 Å². The fourth-order valence-corrected chi connectivity index (χ4v) is 2.84. The topological polar surface area (TPSA) is 63.6 Å². The molecule has 6 heteroatoms. The second-order valence-corrected chi connectivity index (χ2v) is 9.42. The standard InChI is InChI=1S/C14H21BrO4S/c1-10(16)12-9-11(15)5-6-13(12)19-7-8-20(17,18)14(2,3)4/h5-6,9-10,16H,7-8H2,1-4H3/t10-/m1/s1. The summed E-state index contributed by atoms with van der Waals surface area (Å²) in [6.07, 6.45) is -0.679. The SMILES string of the molecule is C[C@@H](O)c1cc(Br)ccc1OCCS(=O)(=O)C(C)(C)C. The third-order valence-corrected chi connectivity index (χ3v) is 6.03. The van der Waals surface area contributed by atoms with Gasteiger partial charge in [0.05, 0.1) is 16.6 Å². The number of benzene rings is 1. The monoisotopic (exact) mass is 364 g/mol. The van der Waals surface area contributed by atoms with Crippen molar-refractivity contribution in [1.82, 2.24) is 0 Å². The van der Waals surface area contributed by atoms with E-state index in [0.717, 1.165) is 4.47 Å². The average molecular weight is 365 g/mol. The minimum absolute atomic E-state index is 0.0498. The number of hydrogen-bond donors (Lipinski definition) is 1. The molecule has 0 aromatic heterocycles. The van der Waals surface area contributed by atoms with E-state index in [0.29, 0.717) is 11.3 Å². The minimum Gasteiger partial charge on any atom is -0.492 e. The Labute approximate surface area is 129 Å². The molecule has 0 saturated heterocycles. The van der Waals surface area contributed by atoms with Crippen molar-refractivity contribution in [2.45, 2.75) is 38.5 Å². The minimum atomic E-state index is -3.21. The maximum absolute atomic E-state index is 12.0. The van der Waals surface area contributed by atoms with Crippen molar-refractivity contribution in [2.75, 3.05) is 12.4 Å². The van der Waals surface area contributed by atoms with Gasteiger partial charge >= 0.3 is 0 Å². The van der Waals surface area contributed by atoms with Crippen LogP contribution in [0.1, 0.15) is 39.4 Å². The highest BCUT2D eigenvalue weighted by molar-refractivity contribution is 9.10. The average Bonchev–Trinajstić information content (AvgIpc) is 2.29. The molecule has 0 heterocycles. The van der Waals surface area contributed by atoms with Gasteiger partial charge in [-0.3, -0.25) is 0 Å². The van der Waals surface area contributed by atoms with Gasteiger partial charge in [-0.25, -0.2) is 8.42 Å². The molecule has 0 spiro atoms. The molecule has 1 aromatic carbocycles. The molecule has 0 bridgehead atoms. The maximum Gasteiger partial charge on any atom is 0.158 e. The maximum atomic E-state index is 12.0. The van der Waals surface area contributed by atoms with Gasteiger partial charge in [-0.05, 0) is 45.9 Å². The molecule has 0 aliphatic carbocycles. The van der Waals surface area contributed by atoms with Crippen molar-refractivity contribution in [2.24, 2.45) is 0 Å². The fraction of sp³-hybridized carbons (Fsp3) is 0.571. The molecule has 1 atom stereocenters. The van der Waals surface area contributed by atoms with Gasteiger partial charge in [0, 0.05) is 10.0 Å². The van der Waals surface area contributed by atoms with Crippen LogP contribution in [0.5, 0.6) is 5.75 Å². The molecule has 0 aliphatic heterocycles. The predicted octanol–water partition coefficient (Wildman–Crippen LogP) is 3.09. The third-order valence-electron chi connectivity index (χ3n) is 2.96. The quantitative estimate of drug-likeness (QED) is 0.871. The van der Waals surface area contributed by atoms with Crippen molar-refractivity contribution in [1.29, 1.82) is 0 Å². The third kappa shape index (κ3) is 4.46. The summed E-state index contributed by atoms with van der Waals surface area (Å²) < 4.78 is 29.5. The Kier molecular flexibility index (Phi) is 5.63. The zero-order chi connectivity index (χ0) is 15.6. The second-order valence-electron chi connectivity index (χ2n) is 5.64. The summed E-state index contributed by atoms with van der Waals surface area (Å²) >= 11 is 3.33. The number of hydrogen-bond acceptors (Lipinski definition) is 4. The molecule has 1 aromatic rings. The summed E-state index contributed by atoms with van der Waals surface area (Å²) in [5.41, 5.74) is 0.632. The molecule has 0 radical (unpaired) electrons. The highest BCUT2D eigenvalue weighted by Gasteiger charge is 2.28. The highest BCUT2D eigenvalue weighted by atomic mass is 79.9. The molecule has 0 saturated carbocycles. The van der Waals surface area contributed by atoms with Gasteiger partial charge in [0.25, 0.3) is 0 Å². The molecule has 20 heavy (non-hydrogen) atoms. The van der Waals surface area contributed by atoms with Crippen LogP contribution in [0.4, 0.5) is 0 Å². The van der Waals surface area contributed by atoms with Gasteiger partial charge in [-0.1, -0.05) is 15.9 Å². The van der Waals surface area contributed by atoms with E-state index in [1.165, 1.54) is 0 Å². The van der Waals surface area contributed by atoms with Crippen molar-refractivity contribution in [3.63, 3.8) is 0 Å². The summed E-state index contributed by atoms with van der Waals surface area (Å²) in [4.78, 5) is 0. The smallest absolute Gasteiger partial charge is 0.158 e. The van der Waals surface area contributed by atoms with Crippen LogP contribution in [0.25, 0.3) is 0 Å². The molecular weight excluding hydrogens is 344 g/mol. The second kappa shape index (κ2) is 6.45. The van der Waals surface area contributed by atoms with Crippen LogP contribution in [0, 0.1) is 0 Å². The molecule has 0 amide bonds. The number of halogens is 1. The largest absolute Gasteiger partial charge is 0.492 e. The Morgan fingerprint density at radius 2 is 1.95 bits per heavy atom. The Morgan fingerprint density at radius 1 is 1.35 bits per heavy atom. The molecule has 4 nitrogen and oxygen atoms in total. The van der Waals surface area contributed by atoms with Gasteiger partial charge in [-0.2, -0.15) is 0 Å². The lowest BCUT2D eigenvalue weighted by atomic mass is 10.1. The summed E-state index contributed by atoms with van der Waals surface area (Å²) in [6.45, 7) is 6.72. The van der Waals surface area contributed by atoms with Crippen molar-refractivity contribution >= 4 is 25.8 Å². The zero-order valence-corrected chi connectivity index (χ0v) is 14.6. The first kappa shape index (κ1) is 17.5. The lowest BCUT2D eigenvalue weighted by Crippen LogP contribution is -2.32. The first-order chi connectivity index (χ1) is 9.04. The van der Waals surface area contributed by atoms with Crippen molar-refractivity contribution in [3.8, 4) is 5.75 Å². The van der Waals surface area contributed by atoms with Crippen LogP contribution in [0.3, 0.4) is 0 Å². The van der Waals surface area contributed by atoms with E-state index in [1.807, 2.05) is 0 Å². The molecule has 1 N–H and O–H groups in total. The van der Waals surface area contributed by atoms with Crippen LogP contribution in [-0.4, -0.2) is 30.6 Å². The molecule has 0 fully saturated rings. The predicted molar refractivity (Wildman–Crippen MR) is 83.8 cm³/mol. The number of ether oxygens (including phenoxy) is 1. The lowest BCUT2D eigenvalue weighted by Gasteiger charge is -2.20. The van der Waals surface area contributed by atoms with Crippen LogP contribution in [0.15, 0.2) is 22.7 Å². The molecule has 0 aliphatic rings. The first-order valence-electron chi connectivity index (χ1n) is 6.37. The summed E-state index contributed by atoms with van der Waals surface area (Å²) in [5.74, 6) is 0.457. The van der Waals surface area contributed by atoms with E-state index in [9.17, 15) is 13.5 Å². The van der Waals surface area contributed by atoms with Gasteiger partial charge in [0.15, 0.2) is 9.84 Å². The summed E-state index contributed by atoms with van der Waals surface area (Å²) in [5, 5.41) is 9.70. The molecule has 1 rings (SSSR count). The van der Waals surface area contributed by atoms with E-state index in [-0.39, 0.29) is 12.4 Å². The first-order valence-corrected chi connectivity index (χ1v) is 8.82. The van der Waals surface area contributed by atoms with Gasteiger partial charge in [-0.15, -0.1) is 0 Å². The number of aliphatic hydroxyl groups is 1. The van der Waals surface area contributed by atoms with Gasteiger partial charge in [0.1, 0.15) is 12.4 Å². The molecule has 0 unspecified atom stereocenters. The summed E-state index contributed by atoms with van der Waals surface area (Å²) in [7, 11) is -3.21. The van der Waals surface area contributed by atoms with E-state index in [2.05, 4.69) is 15.9 Å². The van der Waals surface area contributed by atoms with Crippen molar-refractivity contribution in [3.05, 3.63) is 28.2 Å². The van der Waals surface area contributed by atoms with E-state index in [1.54, 1.807) is 45.9 Å². The van der Waals surface area contributed by atoms with Crippen molar-refractivity contribution < 1.29 is 18.3 Å². The Morgan fingerprint density at radius 3 is 2.45 bits per heavy atom. The highest BCUT2D eigenvalue weighted by Crippen LogP contribution is 2.28.